The average molecular weight is 383 g/mol. The smallest absolute Gasteiger partial charge is 0.411 e. The summed E-state index contributed by atoms with van der Waals surface area (Å²) in [6, 6.07) is 6.54. The van der Waals surface area contributed by atoms with E-state index in [2.05, 4.69) is 15.0 Å². The number of carbonyl (C=O) groups is 1. The second kappa shape index (κ2) is 8.34. The third-order valence-electron chi connectivity index (χ3n) is 4.84. The van der Waals surface area contributed by atoms with Crippen molar-refractivity contribution < 1.29 is 22.7 Å². The molecule has 1 atom stereocenters. The molecule has 1 aromatic carbocycles. The summed E-state index contributed by atoms with van der Waals surface area (Å²) < 4.78 is 37.4. The zero-order chi connectivity index (χ0) is 18.6. The molecule has 1 unspecified atom stereocenters. The number of sulfonamides is 1. The van der Waals surface area contributed by atoms with Gasteiger partial charge >= 0.3 is 6.09 Å². The molecule has 144 valence electrons. The Labute approximate surface area is 154 Å². The first-order chi connectivity index (χ1) is 12.5. The highest BCUT2D eigenvalue weighted by Gasteiger charge is 2.30. The van der Waals surface area contributed by atoms with Crippen molar-refractivity contribution in [1.29, 1.82) is 0 Å². The molecular weight excluding hydrogens is 358 g/mol. The molecule has 0 aliphatic carbocycles. The maximum atomic E-state index is 12.9. The molecule has 9 heteroatoms. The van der Waals surface area contributed by atoms with E-state index in [0.717, 1.165) is 39.1 Å². The highest BCUT2D eigenvalue weighted by atomic mass is 32.2. The SMILES string of the molecule is COC(=O)Nc1ccc(S(=O)(=O)N2CCCN(C3CCOC3)CC2)cc1. The Hall–Kier alpha value is -1.68. The lowest BCUT2D eigenvalue weighted by molar-refractivity contribution is 0.147. The number of anilines is 1. The van der Waals surface area contributed by atoms with E-state index < -0.39 is 16.1 Å². The van der Waals surface area contributed by atoms with E-state index in [4.69, 9.17) is 4.74 Å². The number of nitrogens with one attached hydrogen (secondary N) is 1. The van der Waals surface area contributed by atoms with Crippen LogP contribution in [0.2, 0.25) is 0 Å². The lowest BCUT2D eigenvalue weighted by Gasteiger charge is -2.26. The molecule has 0 bridgehead atoms. The lowest BCUT2D eigenvalue weighted by Crippen LogP contribution is -2.39. The Morgan fingerprint density at radius 3 is 2.62 bits per heavy atom. The van der Waals surface area contributed by atoms with Crippen molar-refractivity contribution in [1.82, 2.24) is 9.21 Å². The van der Waals surface area contributed by atoms with Gasteiger partial charge in [-0.1, -0.05) is 0 Å². The van der Waals surface area contributed by atoms with E-state index in [1.807, 2.05) is 0 Å². The number of hydrogen-bond acceptors (Lipinski definition) is 6. The van der Waals surface area contributed by atoms with Crippen molar-refractivity contribution in [3.05, 3.63) is 24.3 Å². The van der Waals surface area contributed by atoms with E-state index in [9.17, 15) is 13.2 Å². The van der Waals surface area contributed by atoms with E-state index >= 15 is 0 Å². The molecule has 1 amide bonds. The lowest BCUT2D eigenvalue weighted by atomic mass is 10.2. The first kappa shape index (κ1) is 19.1. The molecule has 0 spiro atoms. The summed E-state index contributed by atoms with van der Waals surface area (Å²) in [5.41, 5.74) is 0.485. The summed E-state index contributed by atoms with van der Waals surface area (Å²) in [6.07, 6.45) is 1.23. The molecule has 2 heterocycles. The van der Waals surface area contributed by atoms with Crippen molar-refractivity contribution in [2.24, 2.45) is 0 Å². The van der Waals surface area contributed by atoms with Gasteiger partial charge in [-0.05, 0) is 43.7 Å². The largest absolute Gasteiger partial charge is 0.453 e. The fourth-order valence-electron chi connectivity index (χ4n) is 3.36. The van der Waals surface area contributed by atoms with Crippen molar-refractivity contribution >= 4 is 21.8 Å². The molecule has 1 aromatic rings. The summed E-state index contributed by atoms with van der Waals surface area (Å²) in [7, 11) is -2.28. The van der Waals surface area contributed by atoms with Crippen LogP contribution in [0.5, 0.6) is 0 Å². The second-order valence-electron chi connectivity index (χ2n) is 6.45. The summed E-state index contributed by atoms with van der Waals surface area (Å²) in [5, 5.41) is 2.51. The molecule has 2 fully saturated rings. The standard InChI is InChI=1S/C17H25N3O5S/c1-24-17(21)18-14-3-5-16(6-4-14)26(22,23)20-9-2-8-19(10-11-20)15-7-12-25-13-15/h3-6,15H,2,7-13H2,1H3,(H,18,21). The molecule has 2 aliphatic rings. The first-order valence-electron chi connectivity index (χ1n) is 8.77. The molecule has 8 nitrogen and oxygen atoms in total. The molecule has 2 aliphatic heterocycles. The van der Waals surface area contributed by atoms with Crippen molar-refractivity contribution in [2.75, 3.05) is 51.8 Å². The highest BCUT2D eigenvalue weighted by molar-refractivity contribution is 7.89. The molecule has 0 radical (unpaired) electrons. The van der Waals surface area contributed by atoms with Gasteiger partial charge in [0.1, 0.15) is 0 Å². The zero-order valence-corrected chi connectivity index (χ0v) is 15.7. The fraction of sp³-hybridized carbons (Fsp3) is 0.588. The zero-order valence-electron chi connectivity index (χ0n) is 14.9. The third kappa shape index (κ3) is 4.35. The maximum absolute atomic E-state index is 12.9. The highest BCUT2D eigenvalue weighted by Crippen LogP contribution is 2.21. The molecule has 1 N–H and O–H groups in total. The minimum absolute atomic E-state index is 0.227. The second-order valence-corrected chi connectivity index (χ2v) is 8.39. The Balaban J connectivity index is 1.66. The van der Waals surface area contributed by atoms with Crippen LogP contribution in [0.25, 0.3) is 0 Å². The number of hydrogen-bond donors (Lipinski definition) is 1. The van der Waals surface area contributed by atoms with Gasteiger partial charge in [0, 0.05) is 38.0 Å². The minimum Gasteiger partial charge on any atom is -0.453 e. The quantitative estimate of drug-likeness (QED) is 0.844. The molecule has 26 heavy (non-hydrogen) atoms. The van der Waals surface area contributed by atoms with Gasteiger partial charge in [0.2, 0.25) is 10.0 Å². The third-order valence-corrected chi connectivity index (χ3v) is 6.75. The van der Waals surface area contributed by atoms with Gasteiger partial charge in [-0.15, -0.1) is 0 Å². The summed E-state index contributed by atoms with van der Waals surface area (Å²) in [5.74, 6) is 0. The fourth-order valence-corrected chi connectivity index (χ4v) is 4.83. The Bertz CT molecular complexity index is 716. The molecule has 0 aromatic heterocycles. The van der Waals surface area contributed by atoms with Crippen LogP contribution < -0.4 is 5.32 Å². The summed E-state index contributed by atoms with van der Waals surface area (Å²) in [4.78, 5) is 13.8. The maximum Gasteiger partial charge on any atom is 0.411 e. The van der Waals surface area contributed by atoms with Crippen LogP contribution in [0, 0.1) is 0 Å². The van der Waals surface area contributed by atoms with E-state index in [1.165, 1.54) is 19.2 Å². The predicted octanol–water partition coefficient (Wildman–Crippen LogP) is 1.35. The topological polar surface area (TPSA) is 88.2 Å². The van der Waals surface area contributed by atoms with Gasteiger partial charge < -0.3 is 9.47 Å². The van der Waals surface area contributed by atoms with Crippen LogP contribution in [0.15, 0.2) is 29.2 Å². The van der Waals surface area contributed by atoms with Crippen LogP contribution >= 0.6 is 0 Å². The van der Waals surface area contributed by atoms with Crippen molar-refractivity contribution in [3.8, 4) is 0 Å². The van der Waals surface area contributed by atoms with Crippen LogP contribution in [-0.2, 0) is 19.5 Å². The number of rotatable bonds is 4. The van der Waals surface area contributed by atoms with Crippen LogP contribution in [-0.4, -0.2) is 76.3 Å². The number of carbonyl (C=O) groups excluding carboxylic acids is 1. The minimum atomic E-state index is -3.55. The number of benzene rings is 1. The number of ether oxygens (including phenoxy) is 2. The Morgan fingerprint density at radius 1 is 1.19 bits per heavy atom. The van der Waals surface area contributed by atoms with Crippen molar-refractivity contribution in [2.45, 2.75) is 23.8 Å². The van der Waals surface area contributed by atoms with Crippen LogP contribution in [0.1, 0.15) is 12.8 Å². The molecule has 0 saturated carbocycles. The van der Waals surface area contributed by atoms with E-state index in [1.54, 1.807) is 16.4 Å². The van der Waals surface area contributed by atoms with E-state index in [-0.39, 0.29) is 4.90 Å². The number of nitrogens with zero attached hydrogens (tertiary/aromatic N) is 2. The van der Waals surface area contributed by atoms with Crippen LogP contribution in [0.3, 0.4) is 0 Å². The normalized spacial score (nSPS) is 22.7. The van der Waals surface area contributed by atoms with E-state index in [0.29, 0.717) is 24.8 Å². The van der Waals surface area contributed by atoms with Gasteiger partial charge in [0.05, 0.1) is 18.6 Å². The van der Waals surface area contributed by atoms with Gasteiger partial charge in [0.15, 0.2) is 0 Å². The van der Waals surface area contributed by atoms with Crippen molar-refractivity contribution in [3.63, 3.8) is 0 Å². The van der Waals surface area contributed by atoms with Gasteiger partial charge in [-0.25, -0.2) is 13.2 Å². The monoisotopic (exact) mass is 383 g/mol. The van der Waals surface area contributed by atoms with Gasteiger partial charge in [0.25, 0.3) is 0 Å². The average Bonchev–Trinajstić information content (AvgIpc) is 3.06. The summed E-state index contributed by atoms with van der Waals surface area (Å²) in [6.45, 7) is 4.11. The van der Waals surface area contributed by atoms with Crippen LogP contribution in [0.4, 0.5) is 10.5 Å². The number of amides is 1. The molecule has 2 saturated heterocycles. The number of methoxy groups -OCH3 is 1. The molecular formula is C17H25N3O5S. The first-order valence-corrected chi connectivity index (χ1v) is 10.2. The Kier molecular flexibility index (Phi) is 6.13. The summed E-state index contributed by atoms with van der Waals surface area (Å²) >= 11 is 0. The molecule has 3 rings (SSSR count). The van der Waals surface area contributed by atoms with Gasteiger partial charge in [-0.3, -0.25) is 10.2 Å². The Morgan fingerprint density at radius 2 is 1.96 bits per heavy atom. The van der Waals surface area contributed by atoms with Gasteiger partial charge in [-0.2, -0.15) is 4.31 Å². The predicted molar refractivity (Wildman–Crippen MR) is 96.6 cm³/mol.